The van der Waals surface area contributed by atoms with E-state index in [9.17, 15) is 0 Å². The van der Waals surface area contributed by atoms with Crippen LogP contribution in [0.15, 0.2) is 18.2 Å². The largest absolute Gasteiger partial charge is 0.398 e. The molecule has 1 aromatic carbocycles. The molecule has 0 heterocycles. The van der Waals surface area contributed by atoms with Gasteiger partial charge in [0, 0.05) is 5.69 Å². The topological polar surface area (TPSA) is 26.0 Å². The van der Waals surface area contributed by atoms with Crippen molar-refractivity contribution in [3.63, 3.8) is 0 Å². The Kier molecular flexibility index (Phi) is 3.56. The average molecular weight is 191 g/mol. The van der Waals surface area contributed by atoms with Crippen LogP contribution >= 0.6 is 0 Å². The maximum atomic E-state index is 6.01. The molecule has 0 spiro atoms. The van der Waals surface area contributed by atoms with Gasteiger partial charge < -0.3 is 5.73 Å². The quantitative estimate of drug-likeness (QED) is 0.720. The minimum atomic E-state index is 0.515. The molecule has 1 unspecified atom stereocenters. The Balaban J connectivity index is 3.00. The number of rotatable bonds is 3. The lowest BCUT2D eigenvalue weighted by Gasteiger charge is -2.14. The summed E-state index contributed by atoms with van der Waals surface area (Å²) in [5.74, 6) is 1.12. The summed E-state index contributed by atoms with van der Waals surface area (Å²) in [7, 11) is 0. The van der Waals surface area contributed by atoms with Crippen molar-refractivity contribution in [2.45, 2.75) is 46.0 Å². The molecule has 1 nitrogen and oxygen atoms in total. The standard InChI is InChI=1S/C13H21N/c1-5-10(4)11-6-7-12(9(2)3)13(14)8-11/h6-10H,5,14H2,1-4H3. The Morgan fingerprint density at radius 3 is 2.29 bits per heavy atom. The zero-order chi connectivity index (χ0) is 10.7. The third kappa shape index (κ3) is 2.28. The molecule has 0 saturated heterocycles. The van der Waals surface area contributed by atoms with Crippen LogP contribution in [-0.4, -0.2) is 0 Å². The third-order valence-corrected chi connectivity index (χ3v) is 2.91. The normalized spacial score (nSPS) is 13.2. The molecule has 0 saturated carbocycles. The minimum absolute atomic E-state index is 0.515. The summed E-state index contributed by atoms with van der Waals surface area (Å²) in [6.07, 6.45) is 1.17. The first-order valence-electron chi connectivity index (χ1n) is 5.45. The Labute approximate surface area is 87.3 Å². The van der Waals surface area contributed by atoms with Crippen LogP contribution in [0, 0.1) is 0 Å². The molecule has 0 bridgehead atoms. The second kappa shape index (κ2) is 4.50. The highest BCUT2D eigenvalue weighted by atomic mass is 14.6. The summed E-state index contributed by atoms with van der Waals surface area (Å²) < 4.78 is 0. The Morgan fingerprint density at radius 1 is 1.21 bits per heavy atom. The number of hydrogen-bond acceptors (Lipinski definition) is 1. The van der Waals surface area contributed by atoms with Crippen LogP contribution in [-0.2, 0) is 0 Å². The first-order chi connectivity index (χ1) is 6.56. The summed E-state index contributed by atoms with van der Waals surface area (Å²) in [6, 6.07) is 6.50. The van der Waals surface area contributed by atoms with Crippen LogP contribution in [0.3, 0.4) is 0 Å². The van der Waals surface area contributed by atoms with Gasteiger partial charge in [-0.1, -0.05) is 39.8 Å². The van der Waals surface area contributed by atoms with Crippen molar-refractivity contribution in [3.05, 3.63) is 29.3 Å². The SMILES string of the molecule is CCC(C)c1ccc(C(C)C)c(N)c1. The van der Waals surface area contributed by atoms with E-state index in [4.69, 9.17) is 5.73 Å². The van der Waals surface area contributed by atoms with Crippen molar-refractivity contribution in [2.75, 3.05) is 5.73 Å². The lowest BCUT2D eigenvalue weighted by atomic mass is 9.93. The second-order valence-electron chi connectivity index (χ2n) is 4.35. The van der Waals surface area contributed by atoms with E-state index in [-0.39, 0.29) is 0 Å². The summed E-state index contributed by atoms with van der Waals surface area (Å²) in [4.78, 5) is 0. The molecule has 0 aliphatic rings. The molecule has 1 aromatic rings. The van der Waals surface area contributed by atoms with Gasteiger partial charge in [0.15, 0.2) is 0 Å². The van der Waals surface area contributed by atoms with Gasteiger partial charge in [-0.2, -0.15) is 0 Å². The molecule has 0 radical (unpaired) electrons. The smallest absolute Gasteiger partial charge is 0.0352 e. The zero-order valence-electron chi connectivity index (χ0n) is 9.67. The van der Waals surface area contributed by atoms with Crippen LogP contribution in [0.25, 0.3) is 0 Å². The van der Waals surface area contributed by atoms with E-state index in [1.807, 2.05) is 0 Å². The zero-order valence-corrected chi connectivity index (χ0v) is 9.67. The fourth-order valence-electron chi connectivity index (χ4n) is 1.66. The molecule has 78 valence electrons. The van der Waals surface area contributed by atoms with E-state index < -0.39 is 0 Å². The molecule has 1 atom stereocenters. The summed E-state index contributed by atoms with van der Waals surface area (Å²) in [5, 5.41) is 0. The van der Waals surface area contributed by atoms with Gasteiger partial charge in [0.05, 0.1) is 0 Å². The first-order valence-corrected chi connectivity index (χ1v) is 5.45. The highest BCUT2D eigenvalue weighted by Gasteiger charge is 2.07. The lowest BCUT2D eigenvalue weighted by molar-refractivity contribution is 0.732. The molecule has 2 N–H and O–H groups in total. The number of nitrogen functional groups attached to an aromatic ring is 1. The molecule has 0 aromatic heterocycles. The van der Waals surface area contributed by atoms with Crippen LogP contribution in [0.2, 0.25) is 0 Å². The van der Waals surface area contributed by atoms with Crippen LogP contribution in [0.5, 0.6) is 0 Å². The molecule has 1 rings (SSSR count). The van der Waals surface area contributed by atoms with Crippen molar-refractivity contribution in [1.82, 2.24) is 0 Å². The predicted molar refractivity (Wildman–Crippen MR) is 63.6 cm³/mol. The molecule has 0 amide bonds. The Bertz CT molecular complexity index is 302. The maximum absolute atomic E-state index is 6.01. The minimum Gasteiger partial charge on any atom is -0.398 e. The van der Waals surface area contributed by atoms with Gasteiger partial charge in [-0.25, -0.2) is 0 Å². The van der Waals surface area contributed by atoms with Gasteiger partial charge in [-0.15, -0.1) is 0 Å². The lowest BCUT2D eigenvalue weighted by Crippen LogP contribution is -1.99. The number of benzene rings is 1. The van der Waals surface area contributed by atoms with E-state index in [1.54, 1.807) is 0 Å². The van der Waals surface area contributed by atoms with Gasteiger partial charge in [0.1, 0.15) is 0 Å². The van der Waals surface area contributed by atoms with Gasteiger partial charge >= 0.3 is 0 Å². The van der Waals surface area contributed by atoms with Gasteiger partial charge in [-0.05, 0) is 35.4 Å². The second-order valence-corrected chi connectivity index (χ2v) is 4.35. The van der Waals surface area contributed by atoms with E-state index in [2.05, 4.69) is 45.9 Å². The molecule has 14 heavy (non-hydrogen) atoms. The van der Waals surface area contributed by atoms with Crippen LogP contribution in [0.4, 0.5) is 5.69 Å². The van der Waals surface area contributed by atoms with E-state index in [0.717, 1.165) is 5.69 Å². The Hall–Kier alpha value is -0.980. The predicted octanol–water partition coefficient (Wildman–Crippen LogP) is 3.91. The molecule has 1 heteroatoms. The summed E-state index contributed by atoms with van der Waals surface area (Å²) in [5.41, 5.74) is 9.57. The van der Waals surface area contributed by atoms with Crippen molar-refractivity contribution >= 4 is 5.69 Å². The maximum Gasteiger partial charge on any atom is 0.0352 e. The van der Waals surface area contributed by atoms with E-state index >= 15 is 0 Å². The van der Waals surface area contributed by atoms with Crippen molar-refractivity contribution in [2.24, 2.45) is 0 Å². The molecule has 0 aliphatic heterocycles. The Morgan fingerprint density at radius 2 is 1.86 bits per heavy atom. The summed E-state index contributed by atoms with van der Waals surface area (Å²) >= 11 is 0. The summed E-state index contributed by atoms with van der Waals surface area (Å²) in [6.45, 7) is 8.80. The van der Waals surface area contributed by atoms with Gasteiger partial charge in [-0.3, -0.25) is 0 Å². The monoisotopic (exact) mass is 191 g/mol. The number of nitrogens with two attached hydrogens (primary N) is 1. The molecule has 0 fully saturated rings. The van der Waals surface area contributed by atoms with Crippen LogP contribution < -0.4 is 5.73 Å². The van der Waals surface area contributed by atoms with Gasteiger partial charge in [0.25, 0.3) is 0 Å². The third-order valence-electron chi connectivity index (χ3n) is 2.91. The number of hydrogen-bond donors (Lipinski definition) is 1. The van der Waals surface area contributed by atoms with Crippen LogP contribution in [0.1, 0.15) is 57.1 Å². The van der Waals surface area contributed by atoms with Crippen molar-refractivity contribution in [3.8, 4) is 0 Å². The van der Waals surface area contributed by atoms with Crippen molar-refractivity contribution in [1.29, 1.82) is 0 Å². The fourth-order valence-corrected chi connectivity index (χ4v) is 1.66. The van der Waals surface area contributed by atoms with E-state index in [1.165, 1.54) is 17.5 Å². The first kappa shape index (κ1) is 11.1. The fraction of sp³-hybridized carbons (Fsp3) is 0.538. The molecular weight excluding hydrogens is 170 g/mol. The highest BCUT2D eigenvalue weighted by Crippen LogP contribution is 2.27. The van der Waals surface area contributed by atoms with Gasteiger partial charge in [0.2, 0.25) is 0 Å². The molecule has 0 aliphatic carbocycles. The van der Waals surface area contributed by atoms with Crippen molar-refractivity contribution < 1.29 is 0 Å². The highest BCUT2D eigenvalue weighted by molar-refractivity contribution is 5.51. The average Bonchev–Trinajstić information content (AvgIpc) is 2.15. The van der Waals surface area contributed by atoms with E-state index in [0.29, 0.717) is 11.8 Å². The number of anilines is 1. The molecular formula is C13H21N.